The summed E-state index contributed by atoms with van der Waals surface area (Å²) < 4.78 is 5.55. The number of amides is 2. The molecule has 0 aliphatic rings. The Morgan fingerprint density at radius 1 is 0.867 bits per heavy atom. The van der Waals surface area contributed by atoms with Crippen LogP contribution in [-0.4, -0.2) is 18.4 Å². The topological polar surface area (TPSA) is 81.4 Å². The first kappa shape index (κ1) is 21.1. The minimum atomic E-state index is -0.500. The summed E-state index contributed by atoms with van der Waals surface area (Å²) in [5.74, 6) is -0.182. The minimum Gasteiger partial charge on any atom is -0.484 e. The van der Waals surface area contributed by atoms with E-state index in [9.17, 15) is 9.59 Å². The molecule has 0 fully saturated rings. The van der Waals surface area contributed by atoms with Gasteiger partial charge in [0.2, 0.25) is 5.91 Å². The van der Waals surface area contributed by atoms with Gasteiger partial charge in [-0.05, 0) is 54.7 Å². The molecular weight excluding hydrogens is 376 g/mol. The van der Waals surface area contributed by atoms with Gasteiger partial charge in [-0.1, -0.05) is 60.7 Å². The van der Waals surface area contributed by atoms with E-state index in [1.807, 2.05) is 48.5 Å². The fourth-order valence-electron chi connectivity index (χ4n) is 3.26. The van der Waals surface area contributed by atoms with Crippen LogP contribution in [0, 0.1) is 0 Å². The summed E-state index contributed by atoms with van der Waals surface area (Å²) in [5.41, 5.74) is 7.99. The molecule has 0 saturated heterocycles. The highest BCUT2D eigenvalue weighted by atomic mass is 16.5. The molecule has 5 nitrogen and oxygen atoms in total. The van der Waals surface area contributed by atoms with Gasteiger partial charge in [-0.25, -0.2) is 0 Å². The van der Waals surface area contributed by atoms with Gasteiger partial charge < -0.3 is 15.8 Å². The van der Waals surface area contributed by atoms with Crippen LogP contribution >= 0.6 is 0 Å². The SMILES string of the molecule is NC(=O)c1ccc(OCC(=O)NC(CCCc2ccccc2)c2ccccc2)cc1. The number of hydrogen-bond donors (Lipinski definition) is 2. The maximum Gasteiger partial charge on any atom is 0.258 e. The zero-order valence-electron chi connectivity index (χ0n) is 16.8. The lowest BCUT2D eigenvalue weighted by Gasteiger charge is -2.19. The van der Waals surface area contributed by atoms with Crippen molar-refractivity contribution in [3.8, 4) is 5.75 Å². The van der Waals surface area contributed by atoms with Crippen LogP contribution in [-0.2, 0) is 11.2 Å². The van der Waals surface area contributed by atoms with Crippen molar-refractivity contribution < 1.29 is 14.3 Å². The van der Waals surface area contributed by atoms with E-state index in [2.05, 4.69) is 17.4 Å². The highest BCUT2D eigenvalue weighted by Crippen LogP contribution is 2.20. The normalized spacial score (nSPS) is 11.5. The summed E-state index contributed by atoms with van der Waals surface area (Å²) in [4.78, 5) is 23.6. The van der Waals surface area contributed by atoms with Gasteiger partial charge in [0.25, 0.3) is 5.91 Å². The van der Waals surface area contributed by atoms with E-state index in [1.165, 1.54) is 5.56 Å². The van der Waals surface area contributed by atoms with Crippen LogP contribution < -0.4 is 15.8 Å². The number of rotatable bonds is 10. The van der Waals surface area contributed by atoms with Crippen molar-refractivity contribution in [2.75, 3.05) is 6.61 Å². The number of hydrogen-bond acceptors (Lipinski definition) is 3. The summed E-state index contributed by atoms with van der Waals surface area (Å²) in [6.45, 7) is -0.0993. The summed E-state index contributed by atoms with van der Waals surface area (Å²) in [6.07, 6.45) is 2.75. The molecule has 5 heteroatoms. The molecule has 2 amide bonds. The van der Waals surface area contributed by atoms with Crippen LogP contribution in [0.4, 0.5) is 0 Å². The van der Waals surface area contributed by atoms with E-state index < -0.39 is 5.91 Å². The third-order valence-electron chi connectivity index (χ3n) is 4.85. The van der Waals surface area contributed by atoms with E-state index in [0.29, 0.717) is 11.3 Å². The third kappa shape index (κ3) is 6.48. The summed E-state index contributed by atoms with van der Waals surface area (Å²) in [7, 11) is 0. The molecule has 30 heavy (non-hydrogen) atoms. The van der Waals surface area contributed by atoms with Gasteiger partial charge >= 0.3 is 0 Å². The van der Waals surface area contributed by atoms with Crippen LogP contribution in [0.1, 0.15) is 40.4 Å². The van der Waals surface area contributed by atoms with Gasteiger partial charge in [0.05, 0.1) is 6.04 Å². The number of carbonyl (C=O) groups excluding carboxylic acids is 2. The number of ether oxygens (including phenoxy) is 1. The van der Waals surface area contributed by atoms with Gasteiger partial charge in [0, 0.05) is 5.56 Å². The van der Waals surface area contributed by atoms with E-state index in [4.69, 9.17) is 10.5 Å². The second-order valence-electron chi connectivity index (χ2n) is 7.09. The highest BCUT2D eigenvalue weighted by Gasteiger charge is 2.15. The highest BCUT2D eigenvalue weighted by molar-refractivity contribution is 5.92. The Labute approximate surface area is 176 Å². The third-order valence-corrected chi connectivity index (χ3v) is 4.85. The lowest BCUT2D eigenvalue weighted by atomic mass is 9.99. The quantitative estimate of drug-likeness (QED) is 0.537. The molecule has 0 saturated carbocycles. The number of aryl methyl sites for hydroxylation is 1. The van der Waals surface area contributed by atoms with Crippen molar-refractivity contribution in [2.24, 2.45) is 5.73 Å². The molecule has 1 atom stereocenters. The Kier molecular flexibility index (Phi) is 7.61. The zero-order chi connectivity index (χ0) is 21.2. The molecule has 3 aromatic carbocycles. The van der Waals surface area contributed by atoms with Gasteiger partial charge in [0.15, 0.2) is 6.61 Å². The average molecular weight is 402 g/mol. The first-order valence-electron chi connectivity index (χ1n) is 10.0. The van der Waals surface area contributed by atoms with Crippen molar-refractivity contribution >= 4 is 11.8 Å². The molecule has 0 heterocycles. The minimum absolute atomic E-state index is 0.0803. The maximum absolute atomic E-state index is 12.5. The summed E-state index contributed by atoms with van der Waals surface area (Å²) in [6, 6.07) is 26.6. The van der Waals surface area contributed by atoms with Crippen molar-refractivity contribution in [2.45, 2.75) is 25.3 Å². The molecule has 154 valence electrons. The Morgan fingerprint density at radius 2 is 1.50 bits per heavy atom. The maximum atomic E-state index is 12.5. The number of primary amides is 1. The fourth-order valence-corrected chi connectivity index (χ4v) is 3.26. The molecule has 0 spiro atoms. The van der Waals surface area contributed by atoms with Crippen LogP contribution in [0.15, 0.2) is 84.9 Å². The lowest BCUT2D eigenvalue weighted by Crippen LogP contribution is -2.32. The first-order chi connectivity index (χ1) is 14.6. The van der Waals surface area contributed by atoms with E-state index in [-0.39, 0.29) is 18.6 Å². The number of benzene rings is 3. The van der Waals surface area contributed by atoms with Crippen LogP contribution in [0.25, 0.3) is 0 Å². The lowest BCUT2D eigenvalue weighted by molar-refractivity contribution is -0.123. The number of nitrogens with one attached hydrogen (secondary N) is 1. The van der Waals surface area contributed by atoms with Crippen molar-refractivity contribution in [1.29, 1.82) is 0 Å². The summed E-state index contributed by atoms with van der Waals surface area (Å²) >= 11 is 0. The molecule has 1 unspecified atom stereocenters. The van der Waals surface area contributed by atoms with Crippen LogP contribution in [0.2, 0.25) is 0 Å². The standard InChI is InChI=1S/C25H26N2O3/c26-25(29)21-14-16-22(17-15-21)30-18-24(28)27-23(20-11-5-2-6-12-20)13-7-10-19-8-3-1-4-9-19/h1-6,8-9,11-12,14-17,23H,7,10,13,18H2,(H2,26,29)(H,27,28). The van der Waals surface area contributed by atoms with Crippen molar-refractivity contribution in [3.63, 3.8) is 0 Å². The van der Waals surface area contributed by atoms with Gasteiger partial charge in [-0.3, -0.25) is 9.59 Å². The predicted molar refractivity (Wildman–Crippen MR) is 117 cm³/mol. The van der Waals surface area contributed by atoms with E-state index in [0.717, 1.165) is 24.8 Å². The average Bonchev–Trinajstić information content (AvgIpc) is 2.78. The Hall–Kier alpha value is -3.60. The van der Waals surface area contributed by atoms with Gasteiger partial charge in [-0.15, -0.1) is 0 Å². The molecule has 0 radical (unpaired) electrons. The van der Waals surface area contributed by atoms with Gasteiger partial charge in [-0.2, -0.15) is 0 Å². The van der Waals surface area contributed by atoms with Crippen molar-refractivity contribution in [3.05, 3.63) is 102 Å². The fraction of sp³-hybridized carbons (Fsp3) is 0.200. The largest absolute Gasteiger partial charge is 0.484 e. The summed E-state index contributed by atoms with van der Waals surface area (Å²) in [5, 5.41) is 3.08. The molecule has 3 N–H and O–H groups in total. The first-order valence-corrected chi connectivity index (χ1v) is 10.0. The molecule has 0 aromatic heterocycles. The van der Waals surface area contributed by atoms with E-state index in [1.54, 1.807) is 24.3 Å². The van der Waals surface area contributed by atoms with Crippen LogP contribution in [0.3, 0.4) is 0 Å². The monoisotopic (exact) mass is 402 g/mol. The smallest absolute Gasteiger partial charge is 0.258 e. The molecule has 0 aliphatic heterocycles. The Morgan fingerprint density at radius 3 is 2.13 bits per heavy atom. The second kappa shape index (κ2) is 10.8. The molecular formula is C25H26N2O3. The molecule has 3 aromatic rings. The Bertz CT molecular complexity index is 941. The van der Waals surface area contributed by atoms with Crippen LogP contribution in [0.5, 0.6) is 5.75 Å². The van der Waals surface area contributed by atoms with Gasteiger partial charge in [0.1, 0.15) is 5.75 Å². The predicted octanol–water partition coefficient (Wildman–Crippen LogP) is 4.04. The zero-order valence-corrected chi connectivity index (χ0v) is 16.8. The Balaban J connectivity index is 1.55. The molecule has 3 rings (SSSR count). The number of carbonyl (C=O) groups is 2. The van der Waals surface area contributed by atoms with E-state index >= 15 is 0 Å². The molecule has 0 aliphatic carbocycles. The van der Waals surface area contributed by atoms with Crippen molar-refractivity contribution in [1.82, 2.24) is 5.32 Å². The molecule has 0 bridgehead atoms. The number of nitrogens with two attached hydrogens (primary N) is 1. The second-order valence-corrected chi connectivity index (χ2v) is 7.09.